The Bertz CT molecular complexity index is 152. The molecule has 1 atom stereocenters. The fourth-order valence-corrected chi connectivity index (χ4v) is 7.95. The van der Waals surface area contributed by atoms with E-state index in [2.05, 4.69) is 20.4 Å². The molecule has 0 saturated carbocycles. The lowest BCUT2D eigenvalue weighted by Crippen LogP contribution is -2.47. The van der Waals surface area contributed by atoms with Crippen LogP contribution >= 0.6 is 0 Å². The van der Waals surface area contributed by atoms with Crippen molar-refractivity contribution in [1.29, 1.82) is 0 Å². The van der Waals surface area contributed by atoms with Gasteiger partial charge in [0.05, 0.1) is 0 Å². The third-order valence-corrected chi connectivity index (χ3v) is 9.18. The van der Waals surface area contributed by atoms with Crippen molar-refractivity contribution in [2.45, 2.75) is 51.7 Å². The average molecular weight is 250 g/mol. The molecule has 0 saturated heterocycles. The van der Waals surface area contributed by atoms with E-state index in [1.165, 1.54) is 12.5 Å². The molecule has 0 N–H and O–H groups in total. The second kappa shape index (κ2) is 8.46. The van der Waals surface area contributed by atoms with Crippen LogP contribution in [0.2, 0.25) is 18.6 Å². The summed E-state index contributed by atoms with van der Waals surface area (Å²) in [5.74, 6) is 0. The van der Waals surface area contributed by atoms with Gasteiger partial charge in [0.1, 0.15) is 0 Å². The van der Waals surface area contributed by atoms with Gasteiger partial charge in [-0.2, -0.15) is 0 Å². The SMILES string of the molecule is CCCC[Si](OC)(OC)O[SiH](C)CCC. The molecule has 0 spiro atoms. The maximum atomic E-state index is 6.11. The van der Waals surface area contributed by atoms with Gasteiger partial charge in [0, 0.05) is 20.3 Å². The lowest BCUT2D eigenvalue weighted by molar-refractivity contribution is 0.159. The quantitative estimate of drug-likeness (QED) is 0.589. The van der Waals surface area contributed by atoms with Crippen molar-refractivity contribution in [2.24, 2.45) is 0 Å². The third-order valence-electron chi connectivity index (χ3n) is 2.53. The van der Waals surface area contributed by atoms with Crippen LogP contribution in [0.3, 0.4) is 0 Å². The smallest absolute Gasteiger partial charge is 0.418 e. The molecule has 15 heavy (non-hydrogen) atoms. The summed E-state index contributed by atoms with van der Waals surface area (Å²) in [5.41, 5.74) is 0. The van der Waals surface area contributed by atoms with Gasteiger partial charge in [-0.3, -0.25) is 0 Å². The average Bonchev–Trinajstić information content (AvgIpc) is 2.25. The molecule has 0 aliphatic rings. The fraction of sp³-hybridized carbons (Fsp3) is 1.00. The van der Waals surface area contributed by atoms with Crippen LogP contribution in [0.1, 0.15) is 33.1 Å². The standard InChI is InChI=1S/C10H26O3Si2/c1-6-8-10-15(11-3,12-4)13-14(5)9-7-2/h14H,6-10H2,1-5H3. The minimum Gasteiger partial charge on any atom is -0.418 e. The molecule has 0 aromatic heterocycles. The highest BCUT2D eigenvalue weighted by Gasteiger charge is 2.39. The Labute approximate surface area is 97.2 Å². The summed E-state index contributed by atoms with van der Waals surface area (Å²) in [7, 11) is 0.0450. The van der Waals surface area contributed by atoms with Gasteiger partial charge in [-0.1, -0.05) is 26.7 Å². The Morgan fingerprint density at radius 3 is 2.07 bits per heavy atom. The highest BCUT2D eigenvalue weighted by molar-refractivity contribution is 6.70. The highest BCUT2D eigenvalue weighted by atomic mass is 28.4. The van der Waals surface area contributed by atoms with Crippen LogP contribution < -0.4 is 0 Å². The summed E-state index contributed by atoms with van der Waals surface area (Å²) >= 11 is 0. The normalized spacial score (nSPS) is 14.2. The highest BCUT2D eigenvalue weighted by Crippen LogP contribution is 2.19. The van der Waals surface area contributed by atoms with Gasteiger partial charge < -0.3 is 13.0 Å². The van der Waals surface area contributed by atoms with Crippen molar-refractivity contribution < 1.29 is 13.0 Å². The summed E-state index contributed by atoms with van der Waals surface area (Å²) in [5, 5.41) is 0. The second-order valence-electron chi connectivity index (χ2n) is 3.91. The van der Waals surface area contributed by atoms with E-state index >= 15 is 0 Å². The largest absolute Gasteiger partial charge is 0.489 e. The van der Waals surface area contributed by atoms with Crippen molar-refractivity contribution >= 4 is 17.8 Å². The Kier molecular flexibility index (Phi) is 8.64. The lowest BCUT2D eigenvalue weighted by Gasteiger charge is -2.29. The molecule has 0 amide bonds. The van der Waals surface area contributed by atoms with Gasteiger partial charge >= 0.3 is 8.80 Å². The molecular weight excluding hydrogens is 224 g/mol. The molecule has 0 aliphatic carbocycles. The van der Waals surface area contributed by atoms with Gasteiger partial charge in [-0.25, -0.2) is 0 Å². The molecule has 0 fully saturated rings. The van der Waals surface area contributed by atoms with Gasteiger partial charge in [0.2, 0.25) is 0 Å². The van der Waals surface area contributed by atoms with E-state index < -0.39 is 17.8 Å². The van der Waals surface area contributed by atoms with Crippen molar-refractivity contribution in [3.8, 4) is 0 Å². The van der Waals surface area contributed by atoms with Gasteiger partial charge in [-0.15, -0.1) is 0 Å². The molecule has 92 valence electrons. The Morgan fingerprint density at radius 1 is 1.07 bits per heavy atom. The van der Waals surface area contributed by atoms with Crippen LogP contribution in [0.25, 0.3) is 0 Å². The molecule has 0 aliphatic heterocycles. The van der Waals surface area contributed by atoms with E-state index in [4.69, 9.17) is 13.0 Å². The van der Waals surface area contributed by atoms with E-state index in [1.807, 2.05) is 0 Å². The summed E-state index contributed by atoms with van der Waals surface area (Å²) in [4.78, 5) is 0. The second-order valence-corrected chi connectivity index (χ2v) is 9.74. The number of hydrogen-bond acceptors (Lipinski definition) is 3. The molecule has 1 unspecified atom stereocenters. The summed E-state index contributed by atoms with van der Waals surface area (Å²) in [6.07, 6.45) is 3.48. The Morgan fingerprint density at radius 2 is 1.67 bits per heavy atom. The van der Waals surface area contributed by atoms with E-state index in [1.54, 1.807) is 14.2 Å². The molecule has 0 bridgehead atoms. The molecule has 3 nitrogen and oxygen atoms in total. The Balaban J connectivity index is 4.21. The zero-order valence-corrected chi connectivity index (χ0v) is 13.0. The van der Waals surface area contributed by atoms with E-state index in [0.29, 0.717) is 0 Å². The molecule has 0 rings (SSSR count). The molecule has 0 aromatic carbocycles. The van der Waals surface area contributed by atoms with Crippen LogP contribution in [0.4, 0.5) is 0 Å². The summed E-state index contributed by atoms with van der Waals surface area (Å²) in [6.45, 7) is 6.61. The van der Waals surface area contributed by atoms with Gasteiger partial charge in [0.25, 0.3) is 0 Å². The Hall–Kier alpha value is 0.314. The first-order valence-corrected chi connectivity index (χ1v) is 10.3. The minimum absolute atomic E-state index is 0.956. The number of rotatable bonds is 9. The minimum atomic E-state index is -2.30. The van der Waals surface area contributed by atoms with E-state index in [9.17, 15) is 0 Å². The summed E-state index contributed by atoms with van der Waals surface area (Å²) < 4.78 is 17.2. The zero-order valence-electron chi connectivity index (χ0n) is 10.8. The monoisotopic (exact) mass is 250 g/mol. The maximum absolute atomic E-state index is 6.11. The van der Waals surface area contributed by atoms with Gasteiger partial charge in [-0.05, 0) is 19.0 Å². The third kappa shape index (κ3) is 5.82. The van der Waals surface area contributed by atoms with Gasteiger partial charge in [0.15, 0.2) is 9.04 Å². The van der Waals surface area contributed by atoms with Crippen LogP contribution in [-0.2, 0) is 13.0 Å². The predicted molar refractivity (Wildman–Crippen MR) is 68.7 cm³/mol. The van der Waals surface area contributed by atoms with Crippen LogP contribution in [0.5, 0.6) is 0 Å². The predicted octanol–water partition coefficient (Wildman–Crippen LogP) is 2.80. The molecular formula is C10H26O3Si2. The lowest BCUT2D eigenvalue weighted by atomic mass is 10.4. The van der Waals surface area contributed by atoms with Crippen LogP contribution in [-0.4, -0.2) is 32.1 Å². The van der Waals surface area contributed by atoms with Crippen molar-refractivity contribution in [3.63, 3.8) is 0 Å². The molecule has 5 heteroatoms. The van der Waals surface area contributed by atoms with Crippen molar-refractivity contribution in [1.82, 2.24) is 0 Å². The summed E-state index contributed by atoms with van der Waals surface area (Å²) in [6, 6.07) is 2.16. The van der Waals surface area contributed by atoms with Crippen LogP contribution in [0, 0.1) is 0 Å². The fourth-order valence-electron chi connectivity index (χ4n) is 1.61. The van der Waals surface area contributed by atoms with Crippen molar-refractivity contribution in [2.75, 3.05) is 14.2 Å². The number of unbranched alkanes of at least 4 members (excludes halogenated alkanes) is 1. The maximum Gasteiger partial charge on any atom is 0.489 e. The topological polar surface area (TPSA) is 27.7 Å². The molecule has 0 aromatic rings. The number of hydrogen-bond donors (Lipinski definition) is 0. The van der Waals surface area contributed by atoms with E-state index in [-0.39, 0.29) is 0 Å². The van der Waals surface area contributed by atoms with Crippen molar-refractivity contribution in [3.05, 3.63) is 0 Å². The zero-order chi connectivity index (χ0) is 11.7. The van der Waals surface area contributed by atoms with Crippen LogP contribution in [0.15, 0.2) is 0 Å². The molecule has 0 radical (unpaired) electrons. The first-order chi connectivity index (χ1) is 7.14. The molecule has 0 heterocycles. The first kappa shape index (κ1) is 15.3. The van der Waals surface area contributed by atoms with E-state index in [0.717, 1.165) is 18.9 Å². The first-order valence-electron chi connectivity index (χ1n) is 5.92.